The van der Waals surface area contributed by atoms with Crippen LogP contribution in [0.2, 0.25) is 5.02 Å². The second-order valence-corrected chi connectivity index (χ2v) is 8.68. The first kappa shape index (κ1) is 24.2. The lowest BCUT2D eigenvalue weighted by atomic mass is 9.78. The van der Waals surface area contributed by atoms with Crippen LogP contribution in [0.4, 0.5) is 5.69 Å². The van der Waals surface area contributed by atoms with Gasteiger partial charge >= 0.3 is 5.97 Å². The topological polar surface area (TPSA) is 122 Å². The van der Waals surface area contributed by atoms with Crippen LogP contribution in [-0.2, 0) is 19.1 Å². The van der Waals surface area contributed by atoms with Gasteiger partial charge in [0.05, 0.1) is 33.7 Å². The number of carbonyl (C=O) groups is 5. The molecule has 3 atom stereocenters. The molecule has 2 aromatic carbocycles. The van der Waals surface area contributed by atoms with Crippen LogP contribution >= 0.6 is 11.6 Å². The first-order valence-corrected chi connectivity index (χ1v) is 11.3. The molecule has 2 aliphatic rings. The number of fused-ring (bicyclic) bond motifs is 1. The third kappa shape index (κ3) is 4.95. The third-order valence-electron chi connectivity index (χ3n) is 6.00. The maximum Gasteiger partial charge on any atom is 0.338 e. The van der Waals surface area contributed by atoms with Crippen molar-refractivity contribution in [1.82, 2.24) is 10.9 Å². The summed E-state index contributed by atoms with van der Waals surface area (Å²) in [5.41, 5.74) is 5.00. The van der Waals surface area contributed by atoms with Gasteiger partial charge in [-0.2, -0.15) is 0 Å². The molecule has 2 aromatic rings. The molecule has 180 valence electrons. The molecule has 1 saturated heterocycles. The van der Waals surface area contributed by atoms with E-state index in [1.54, 1.807) is 12.1 Å². The molecular formula is C25H22ClN3O6. The lowest BCUT2D eigenvalue weighted by Gasteiger charge is -2.22. The van der Waals surface area contributed by atoms with Crippen molar-refractivity contribution in [3.05, 3.63) is 76.8 Å². The Morgan fingerprint density at radius 3 is 2.43 bits per heavy atom. The van der Waals surface area contributed by atoms with Gasteiger partial charge in [-0.25, -0.2) is 4.79 Å². The normalized spacial score (nSPS) is 20.9. The highest BCUT2D eigenvalue weighted by Crippen LogP contribution is 2.40. The molecule has 0 radical (unpaired) electrons. The highest BCUT2D eigenvalue weighted by molar-refractivity contribution is 6.33. The number of hydrazine groups is 1. The minimum absolute atomic E-state index is 0.0231. The number of halogens is 1. The number of imide groups is 1. The Morgan fingerprint density at radius 2 is 1.74 bits per heavy atom. The van der Waals surface area contributed by atoms with Gasteiger partial charge in [-0.3, -0.25) is 34.9 Å². The number of nitrogens with zero attached hydrogens (tertiary/aromatic N) is 1. The van der Waals surface area contributed by atoms with E-state index in [9.17, 15) is 24.0 Å². The Kier molecular flexibility index (Phi) is 6.97. The zero-order chi connectivity index (χ0) is 25.1. The quantitative estimate of drug-likeness (QED) is 0.284. The summed E-state index contributed by atoms with van der Waals surface area (Å²) in [5, 5.41) is 0.219. The Morgan fingerprint density at radius 1 is 1.03 bits per heavy atom. The van der Waals surface area contributed by atoms with Crippen molar-refractivity contribution in [2.24, 2.45) is 17.8 Å². The van der Waals surface area contributed by atoms with E-state index < -0.39 is 24.4 Å². The predicted octanol–water partition coefficient (Wildman–Crippen LogP) is 2.66. The van der Waals surface area contributed by atoms with Crippen LogP contribution in [0.3, 0.4) is 0 Å². The summed E-state index contributed by atoms with van der Waals surface area (Å²) >= 11 is 5.93. The predicted molar refractivity (Wildman–Crippen MR) is 126 cm³/mol. The molecule has 35 heavy (non-hydrogen) atoms. The second kappa shape index (κ2) is 10.1. The fraction of sp³-hybridized carbons (Fsp3) is 0.240. The van der Waals surface area contributed by atoms with Gasteiger partial charge in [0.15, 0.2) is 6.61 Å². The van der Waals surface area contributed by atoms with Crippen LogP contribution in [0.5, 0.6) is 0 Å². The molecule has 0 unspecified atom stereocenters. The summed E-state index contributed by atoms with van der Waals surface area (Å²) in [6.45, 7) is 1.28. The van der Waals surface area contributed by atoms with Gasteiger partial charge in [-0.05, 0) is 48.7 Å². The van der Waals surface area contributed by atoms with Crippen LogP contribution in [0, 0.1) is 17.8 Å². The highest BCUT2D eigenvalue weighted by atomic mass is 35.5. The summed E-state index contributed by atoms with van der Waals surface area (Å²) < 4.78 is 4.97. The number of allylic oxidation sites excluding steroid dienone is 2. The zero-order valence-electron chi connectivity index (χ0n) is 18.7. The van der Waals surface area contributed by atoms with E-state index in [2.05, 4.69) is 10.9 Å². The van der Waals surface area contributed by atoms with Crippen LogP contribution in [-0.4, -0.2) is 36.2 Å². The first-order valence-electron chi connectivity index (χ1n) is 10.9. The van der Waals surface area contributed by atoms with Gasteiger partial charge in [0.25, 0.3) is 11.8 Å². The highest BCUT2D eigenvalue weighted by Gasteiger charge is 2.50. The van der Waals surface area contributed by atoms with Gasteiger partial charge in [-0.1, -0.05) is 42.8 Å². The summed E-state index contributed by atoms with van der Waals surface area (Å²) in [7, 11) is 0. The first-order chi connectivity index (χ1) is 16.8. The van der Waals surface area contributed by atoms with E-state index in [0.29, 0.717) is 12.1 Å². The summed E-state index contributed by atoms with van der Waals surface area (Å²) in [5.74, 6) is -3.43. The minimum Gasteiger partial charge on any atom is -0.452 e. The zero-order valence-corrected chi connectivity index (χ0v) is 19.5. The number of esters is 1. The minimum atomic E-state index is -0.783. The van der Waals surface area contributed by atoms with Gasteiger partial charge in [-0.15, -0.1) is 0 Å². The van der Waals surface area contributed by atoms with Crippen molar-refractivity contribution in [2.45, 2.75) is 13.3 Å². The van der Waals surface area contributed by atoms with E-state index in [-0.39, 0.29) is 45.7 Å². The molecule has 10 heteroatoms. The van der Waals surface area contributed by atoms with Crippen molar-refractivity contribution in [3.63, 3.8) is 0 Å². The molecular weight excluding hydrogens is 474 g/mol. The van der Waals surface area contributed by atoms with Crippen molar-refractivity contribution >= 4 is 46.9 Å². The van der Waals surface area contributed by atoms with Crippen molar-refractivity contribution in [3.8, 4) is 0 Å². The average molecular weight is 496 g/mol. The fourth-order valence-corrected chi connectivity index (χ4v) is 4.46. The van der Waals surface area contributed by atoms with Crippen LogP contribution in [0.25, 0.3) is 0 Å². The maximum absolute atomic E-state index is 12.9. The van der Waals surface area contributed by atoms with Gasteiger partial charge in [0.1, 0.15) is 0 Å². The van der Waals surface area contributed by atoms with E-state index in [1.807, 2.05) is 19.1 Å². The molecule has 1 aliphatic heterocycles. The third-order valence-corrected chi connectivity index (χ3v) is 6.33. The molecule has 9 nitrogen and oxygen atoms in total. The number of hydrogen-bond acceptors (Lipinski definition) is 6. The average Bonchev–Trinajstić information content (AvgIpc) is 3.12. The standard InChI is InChI=1S/C25H22ClN3O6/c1-14-5-4-7-18-21(14)24(33)29(23(18)32)16-11-9-15(10-12-16)25(34)35-13-20(30)27-28-22(31)17-6-2-3-8-19(17)26/h2-6,8-12,14,18,21H,7,13H2,1H3,(H,27,30)(H,28,31)/t14-,18+,21+/m1/s1. The molecule has 4 rings (SSSR count). The Bertz CT molecular complexity index is 1230. The molecule has 0 spiro atoms. The largest absolute Gasteiger partial charge is 0.452 e. The van der Waals surface area contributed by atoms with Crippen LogP contribution in [0.1, 0.15) is 34.1 Å². The monoisotopic (exact) mass is 495 g/mol. The molecule has 2 N–H and O–H groups in total. The summed E-state index contributed by atoms with van der Waals surface area (Å²) in [6, 6.07) is 12.1. The van der Waals surface area contributed by atoms with Crippen LogP contribution < -0.4 is 15.8 Å². The Hall–Kier alpha value is -3.98. The number of nitrogens with one attached hydrogen (secondary N) is 2. The number of carbonyl (C=O) groups excluding carboxylic acids is 5. The molecule has 1 aliphatic carbocycles. The Labute approximate surface area is 206 Å². The van der Waals surface area contributed by atoms with Crippen LogP contribution in [0.15, 0.2) is 60.7 Å². The van der Waals surface area contributed by atoms with E-state index >= 15 is 0 Å². The van der Waals surface area contributed by atoms with Gasteiger partial charge < -0.3 is 4.74 Å². The van der Waals surface area contributed by atoms with Gasteiger partial charge in [0, 0.05) is 0 Å². The molecule has 4 amide bonds. The number of benzene rings is 2. The number of amides is 4. The number of anilines is 1. The fourth-order valence-electron chi connectivity index (χ4n) is 4.24. The summed E-state index contributed by atoms with van der Waals surface area (Å²) in [4.78, 5) is 63.1. The van der Waals surface area contributed by atoms with Crippen molar-refractivity contribution < 1.29 is 28.7 Å². The Balaban J connectivity index is 1.30. The number of hydrogen-bond donors (Lipinski definition) is 2. The number of rotatable bonds is 5. The molecule has 0 saturated carbocycles. The molecule has 0 aromatic heterocycles. The van der Waals surface area contributed by atoms with Crippen molar-refractivity contribution in [2.75, 3.05) is 11.5 Å². The van der Waals surface area contributed by atoms with Gasteiger partial charge in [0.2, 0.25) is 11.8 Å². The molecule has 1 fully saturated rings. The molecule has 0 bridgehead atoms. The van der Waals surface area contributed by atoms with E-state index in [4.69, 9.17) is 16.3 Å². The second-order valence-electron chi connectivity index (χ2n) is 8.27. The van der Waals surface area contributed by atoms with E-state index in [1.165, 1.54) is 41.3 Å². The molecule has 1 heterocycles. The number of ether oxygens (including phenoxy) is 1. The smallest absolute Gasteiger partial charge is 0.338 e. The van der Waals surface area contributed by atoms with E-state index in [0.717, 1.165) is 0 Å². The lowest BCUT2D eigenvalue weighted by molar-refractivity contribution is -0.125. The summed E-state index contributed by atoms with van der Waals surface area (Å²) in [6.07, 6.45) is 4.41. The van der Waals surface area contributed by atoms with Crippen molar-refractivity contribution in [1.29, 1.82) is 0 Å². The lowest BCUT2D eigenvalue weighted by Crippen LogP contribution is -2.43. The maximum atomic E-state index is 12.9. The SMILES string of the molecule is C[C@@H]1C=CC[C@@H]2C(=O)N(c3ccc(C(=O)OCC(=O)NNC(=O)c4ccccc4Cl)cc3)C(=O)[C@@H]12.